The van der Waals surface area contributed by atoms with Gasteiger partial charge in [0.15, 0.2) is 16.7 Å². The molecule has 0 aliphatic rings. The van der Waals surface area contributed by atoms with Gasteiger partial charge in [-0.2, -0.15) is 0 Å². The van der Waals surface area contributed by atoms with E-state index >= 15 is 0 Å². The van der Waals surface area contributed by atoms with Crippen molar-refractivity contribution in [3.63, 3.8) is 0 Å². The Morgan fingerprint density at radius 2 is 1.95 bits per heavy atom. The van der Waals surface area contributed by atoms with Crippen LogP contribution < -0.4 is 5.73 Å². The highest BCUT2D eigenvalue weighted by Gasteiger charge is 2.20. The summed E-state index contributed by atoms with van der Waals surface area (Å²) in [7, 11) is 0. The summed E-state index contributed by atoms with van der Waals surface area (Å²) in [5, 5.41) is 4.26. The number of halogens is 1. The summed E-state index contributed by atoms with van der Waals surface area (Å²) < 4.78 is 10.5. The molecule has 0 aliphatic carbocycles. The molecule has 19 heavy (non-hydrogen) atoms. The van der Waals surface area contributed by atoms with Gasteiger partial charge in [-0.15, -0.1) is 0 Å². The fourth-order valence-corrected chi connectivity index (χ4v) is 2.17. The van der Waals surface area contributed by atoms with Crippen molar-refractivity contribution in [3.8, 4) is 22.6 Å². The summed E-state index contributed by atoms with van der Waals surface area (Å²) in [5.74, 6) is 0.792. The number of anilines is 1. The van der Waals surface area contributed by atoms with Gasteiger partial charge < -0.3 is 14.7 Å². The Kier molecular flexibility index (Phi) is 2.80. The lowest BCUT2D eigenvalue weighted by molar-refractivity contribution is 0.436. The van der Waals surface area contributed by atoms with E-state index in [-0.39, 0.29) is 5.88 Å². The van der Waals surface area contributed by atoms with Crippen LogP contribution in [0, 0.1) is 6.92 Å². The van der Waals surface area contributed by atoms with Crippen LogP contribution in [-0.2, 0) is 0 Å². The smallest absolute Gasteiger partial charge is 0.230 e. The molecule has 0 bridgehead atoms. The molecule has 0 spiro atoms. The van der Waals surface area contributed by atoms with Crippen molar-refractivity contribution in [1.29, 1.82) is 0 Å². The molecule has 2 aromatic heterocycles. The minimum atomic E-state index is 0.261. The van der Waals surface area contributed by atoms with Gasteiger partial charge in [0, 0.05) is 0 Å². The summed E-state index contributed by atoms with van der Waals surface area (Å²) in [6.07, 6.45) is 0. The molecule has 3 rings (SSSR count). The lowest BCUT2D eigenvalue weighted by Crippen LogP contribution is -1.89. The standard InChI is InChI=1S/C14H11ClN2O2/c1-8-4-2-3-5-9(8)12-13(17-19-14(12)16)10-6-7-11(15)18-10/h2-7H,16H2,1H3. The monoisotopic (exact) mass is 274 g/mol. The third-order valence-corrected chi connectivity index (χ3v) is 3.14. The molecule has 0 fully saturated rings. The number of benzene rings is 1. The van der Waals surface area contributed by atoms with Gasteiger partial charge in [0.1, 0.15) is 0 Å². The summed E-state index contributed by atoms with van der Waals surface area (Å²) in [5.41, 5.74) is 9.20. The number of nitrogens with zero attached hydrogens (tertiary/aromatic N) is 1. The number of hydrogen-bond donors (Lipinski definition) is 1. The molecule has 0 saturated carbocycles. The van der Waals surface area contributed by atoms with Gasteiger partial charge in [0.2, 0.25) is 5.88 Å². The zero-order chi connectivity index (χ0) is 13.4. The van der Waals surface area contributed by atoms with E-state index in [9.17, 15) is 0 Å². The SMILES string of the molecule is Cc1ccccc1-c1c(-c2ccc(Cl)o2)noc1N. The predicted molar refractivity (Wildman–Crippen MR) is 73.8 cm³/mol. The summed E-state index contributed by atoms with van der Waals surface area (Å²) in [4.78, 5) is 0. The zero-order valence-corrected chi connectivity index (χ0v) is 10.9. The lowest BCUT2D eigenvalue weighted by Gasteiger charge is -2.04. The minimum absolute atomic E-state index is 0.261. The third kappa shape index (κ3) is 2.00. The highest BCUT2D eigenvalue weighted by atomic mass is 35.5. The fraction of sp³-hybridized carbons (Fsp3) is 0.0714. The van der Waals surface area contributed by atoms with Gasteiger partial charge in [-0.05, 0) is 41.8 Å². The van der Waals surface area contributed by atoms with Crippen molar-refractivity contribution in [1.82, 2.24) is 5.16 Å². The van der Waals surface area contributed by atoms with Gasteiger partial charge in [0.05, 0.1) is 5.56 Å². The highest BCUT2D eigenvalue weighted by Crippen LogP contribution is 2.38. The quantitative estimate of drug-likeness (QED) is 0.762. The topological polar surface area (TPSA) is 65.2 Å². The zero-order valence-electron chi connectivity index (χ0n) is 10.2. The number of aryl methyl sites for hydroxylation is 1. The van der Waals surface area contributed by atoms with Gasteiger partial charge in [-0.25, -0.2) is 0 Å². The summed E-state index contributed by atoms with van der Waals surface area (Å²) in [6.45, 7) is 2.00. The normalized spacial score (nSPS) is 10.8. The maximum absolute atomic E-state index is 5.88. The van der Waals surface area contributed by atoms with Crippen LogP contribution in [0.3, 0.4) is 0 Å². The largest absolute Gasteiger partial charge is 0.443 e. The van der Waals surface area contributed by atoms with Crippen LogP contribution in [0.5, 0.6) is 0 Å². The number of furan rings is 1. The van der Waals surface area contributed by atoms with Crippen LogP contribution in [0.1, 0.15) is 5.56 Å². The van der Waals surface area contributed by atoms with Gasteiger partial charge >= 0.3 is 0 Å². The molecule has 1 aromatic carbocycles. The van der Waals surface area contributed by atoms with E-state index < -0.39 is 0 Å². The lowest BCUT2D eigenvalue weighted by atomic mass is 10.00. The molecule has 2 heterocycles. The van der Waals surface area contributed by atoms with Crippen LogP contribution in [-0.4, -0.2) is 5.16 Å². The number of rotatable bonds is 2. The number of nitrogens with two attached hydrogens (primary N) is 1. The van der Waals surface area contributed by atoms with Crippen molar-refractivity contribution >= 4 is 17.5 Å². The van der Waals surface area contributed by atoms with Gasteiger partial charge in [0.25, 0.3) is 0 Å². The maximum atomic E-state index is 5.88. The highest BCUT2D eigenvalue weighted by molar-refractivity contribution is 6.29. The van der Waals surface area contributed by atoms with Crippen molar-refractivity contribution < 1.29 is 8.94 Å². The van der Waals surface area contributed by atoms with Crippen molar-refractivity contribution in [3.05, 3.63) is 47.2 Å². The van der Waals surface area contributed by atoms with E-state index in [1.165, 1.54) is 0 Å². The number of hydrogen-bond acceptors (Lipinski definition) is 4. The van der Waals surface area contributed by atoms with Crippen molar-refractivity contribution in [2.24, 2.45) is 0 Å². The summed E-state index contributed by atoms with van der Waals surface area (Å²) >= 11 is 5.79. The first-order valence-corrected chi connectivity index (χ1v) is 6.11. The minimum Gasteiger partial charge on any atom is -0.443 e. The van der Waals surface area contributed by atoms with Crippen LogP contribution >= 0.6 is 11.6 Å². The second-order valence-electron chi connectivity index (χ2n) is 4.19. The maximum Gasteiger partial charge on any atom is 0.230 e. The van der Waals surface area contributed by atoms with E-state index in [1.807, 2.05) is 31.2 Å². The Bertz CT molecular complexity index is 731. The molecule has 0 aliphatic heterocycles. The first-order chi connectivity index (χ1) is 9.16. The Hall–Kier alpha value is -2.20. The first-order valence-electron chi connectivity index (χ1n) is 5.73. The molecule has 0 radical (unpaired) electrons. The number of nitrogen functional groups attached to an aromatic ring is 1. The van der Waals surface area contributed by atoms with Crippen LogP contribution in [0.25, 0.3) is 22.6 Å². The molecule has 96 valence electrons. The fourth-order valence-electron chi connectivity index (χ4n) is 2.03. The summed E-state index contributed by atoms with van der Waals surface area (Å²) in [6, 6.07) is 11.3. The molecular formula is C14H11ClN2O2. The Labute approximate surface area is 114 Å². The number of aromatic nitrogens is 1. The van der Waals surface area contributed by atoms with E-state index in [2.05, 4.69) is 5.16 Å². The second kappa shape index (κ2) is 4.48. The second-order valence-corrected chi connectivity index (χ2v) is 4.56. The molecule has 0 atom stereocenters. The Morgan fingerprint density at radius 1 is 1.16 bits per heavy atom. The molecule has 2 N–H and O–H groups in total. The van der Waals surface area contributed by atoms with Crippen LogP contribution in [0.2, 0.25) is 5.22 Å². The van der Waals surface area contributed by atoms with Gasteiger partial charge in [-0.1, -0.05) is 29.4 Å². The molecule has 5 heteroatoms. The molecule has 4 nitrogen and oxygen atoms in total. The van der Waals surface area contributed by atoms with Crippen molar-refractivity contribution in [2.75, 3.05) is 5.73 Å². The third-order valence-electron chi connectivity index (χ3n) is 2.94. The van der Waals surface area contributed by atoms with Crippen LogP contribution in [0.4, 0.5) is 5.88 Å². The average Bonchev–Trinajstić information content (AvgIpc) is 2.96. The Balaban J connectivity index is 2.22. The van der Waals surface area contributed by atoms with E-state index in [0.717, 1.165) is 16.7 Å². The Morgan fingerprint density at radius 3 is 2.63 bits per heavy atom. The van der Waals surface area contributed by atoms with Crippen molar-refractivity contribution in [2.45, 2.75) is 6.92 Å². The molecule has 0 saturated heterocycles. The first kappa shape index (κ1) is 11.9. The molecule has 0 unspecified atom stereocenters. The molecule has 3 aromatic rings. The average molecular weight is 275 g/mol. The van der Waals surface area contributed by atoms with E-state index in [4.69, 9.17) is 26.3 Å². The van der Waals surface area contributed by atoms with E-state index in [1.54, 1.807) is 12.1 Å². The van der Waals surface area contributed by atoms with Gasteiger partial charge in [-0.3, -0.25) is 0 Å². The molecule has 0 amide bonds. The predicted octanol–water partition coefficient (Wildman–Crippen LogP) is 4.15. The molecular weight excluding hydrogens is 264 g/mol. The van der Waals surface area contributed by atoms with Crippen LogP contribution in [0.15, 0.2) is 45.3 Å². The van der Waals surface area contributed by atoms with E-state index in [0.29, 0.717) is 16.7 Å².